The van der Waals surface area contributed by atoms with Crippen molar-refractivity contribution in [1.82, 2.24) is 0 Å². The van der Waals surface area contributed by atoms with E-state index in [2.05, 4.69) is 11.3 Å². The lowest BCUT2D eigenvalue weighted by Gasteiger charge is -1.88. The minimum atomic E-state index is -0.278. The molecule has 60 valence electrons. The average Bonchev–Trinajstić information content (AvgIpc) is 2.78. The van der Waals surface area contributed by atoms with Crippen LogP contribution in [-0.4, -0.2) is 13.1 Å². The second-order valence-electron chi connectivity index (χ2n) is 2.68. The van der Waals surface area contributed by atoms with E-state index in [-0.39, 0.29) is 5.97 Å². The highest BCUT2D eigenvalue weighted by atomic mass is 16.5. The van der Waals surface area contributed by atoms with Gasteiger partial charge in [0.05, 0.1) is 7.11 Å². The van der Waals surface area contributed by atoms with E-state index in [4.69, 9.17) is 0 Å². The summed E-state index contributed by atoms with van der Waals surface area (Å²) in [6, 6.07) is 0. The van der Waals surface area contributed by atoms with E-state index in [1.807, 2.05) is 12.2 Å². The van der Waals surface area contributed by atoms with Gasteiger partial charge in [-0.1, -0.05) is 12.2 Å². The number of hydrogen-bond acceptors (Lipinski definition) is 2. The summed E-state index contributed by atoms with van der Waals surface area (Å²) in [6.45, 7) is 3.67. The lowest BCUT2D eigenvalue weighted by atomic mass is 10.3. The smallest absolute Gasteiger partial charge is 0.330 e. The molecule has 1 fully saturated rings. The van der Waals surface area contributed by atoms with Gasteiger partial charge in [0.2, 0.25) is 0 Å². The molecule has 1 aliphatic rings. The molecule has 0 heterocycles. The van der Waals surface area contributed by atoms with E-state index >= 15 is 0 Å². The van der Waals surface area contributed by atoms with Crippen LogP contribution in [0.2, 0.25) is 0 Å². The van der Waals surface area contributed by atoms with Crippen LogP contribution < -0.4 is 0 Å². The van der Waals surface area contributed by atoms with Crippen molar-refractivity contribution in [3.8, 4) is 0 Å². The third-order valence-electron chi connectivity index (χ3n) is 1.87. The maximum Gasteiger partial charge on any atom is 0.330 e. The molecule has 0 radical (unpaired) electrons. The van der Waals surface area contributed by atoms with Crippen molar-refractivity contribution < 1.29 is 9.53 Å². The minimum absolute atomic E-state index is 0.278. The zero-order valence-corrected chi connectivity index (χ0v) is 6.62. The number of esters is 1. The summed E-state index contributed by atoms with van der Waals surface area (Å²) in [5, 5.41) is 0. The summed E-state index contributed by atoms with van der Waals surface area (Å²) in [6.07, 6.45) is 6.41. The van der Waals surface area contributed by atoms with E-state index in [0.29, 0.717) is 11.8 Å². The highest BCUT2D eigenvalue weighted by Crippen LogP contribution is 2.40. The van der Waals surface area contributed by atoms with Crippen molar-refractivity contribution in [3.05, 3.63) is 24.8 Å². The van der Waals surface area contributed by atoms with Crippen molar-refractivity contribution in [2.45, 2.75) is 6.42 Å². The fourth-order valence-electron chi connectivity index (χ4n) is 0.998. The standard InChI is InChI=1S/C9H12O2/c1-3-7-6-8(7)4-5-9(10)11-2/h3-5,7-8H,1,6H2,2H3/b5-4+. The van der Waals surface area contributed by atoms with Gasteiger partial charge in [-0.05, 0) is 18.3 Å². The van der Waals surface area contributed by atoms with Crippen LogP contribution in [0.25, 0.3) is 0 Å². The maximum atomic E-state index is 10.6. The van der Waals surface area contributed by atoms with Gasteiger partial charge in [0.25, 0.3) is 0 Å². The number of rotatable bonds is 3. The maximum absolute atomic E-state index is 10.6. The lowest BCUT2D eigenvalue weighted by molar-refractivity contribution is -0.134. The van der Waals surface area contributed by atoms with Crippen molar-refractivity contribution in [2.24, 2.45) is 11.8 Å². The van der Waals surface area contributed by atoms with Crippen molar-refractivity contribution in [1.29, 1.82) is 0 Å². The minimum Gasteiger partial charge on any atom is -0.466 e. The van der Waals surface area contributed by atoms with Crippen LogP contribution in [0, 0.1) is 11.8 Å². The molecule has 0 saturated heterocycles. The Bertz CT molecular complexity index is 194. The molecule has 0 N–H and O–H groups in total. The highest BCUT2D eigenvalue weighted by Gasteiger charge is 2.31. The molecule has 0 aliphatic heterocycles. The molecule has 1 saturated carbocycles. The highest BCUT2D eigenvalue weighted by molar-refractivity contribution is 5.81. The van der Waals surface area contributed by atoms with Gasteiger partial charge >= 0.3 is 5.97 Å². The number of carbonyl (C=O) groups is 1. The van der Waals surface area contributed by atoms with Crippen LogP contribution in [0.4, 0.5) is 0 Å². The molecule has 2 atom stereocenters. The Morgan fingerprint density at radius 1 is 1.64 bits per heavy atom. The van der Waals surface area contributed by atoms with Crippen molar-refractivity contribution >= 4 is 5.97 Å². The Morgan fingerprint density at radius 3 is 2.82 bits per heavy atom. The van der Waals surface area contributed by atoms with Crippen molar-refractivity contribution in [2.75, 3.05) is 7.11 Å². The van der Waals surface area contributed by atoms with E-state index < -0.39 is 0 Å². The first-order valence-electron chi connectivity index (χ1n) is 3.66. The molecule has 2 nitrogen and oxygen atoms in total. The van der Waals surface area contributed by atoms with Crippen LogP contribution in [0.15, 0.2) is 24.8 Å². The summed E-state index contributed by atoms with van der Waals surface area (Å²) >= 11 is 0. The van der Waals surface area contributed by atoms with Crippen molar-refractivity contribution in [3.63, 3.8) is 0 Å². The lowest BCUT2D eigenvalue weighted by Crippen LogP contribution is -1.93. The van der Waals surface area contributed by atoms with Gasteiger partial charge in [-0.3, -0.25) is 0 Å². The summed E-state index contributed by atoms with van der Waals surface area (Å²) < 4.78 is 4.45. The topological polar surface area (TPSA) is 26.3 Å². The van der Waals surface area contributed by atoms with E-state index in [0.717, 1.165) is 6.42 Å². The Balaban J connectivity index is 2.27. The Morgan fingerprint density at radius 2 is 2.36 bits per heavy atom. The molecule has 1 rings (SSSR count). The predicted molar refractivity (Wildman–Crippen MR) is 43.0 cm³/mol. The third kappa shape index (κ3) is 2.22. The molecule has 2 unspecified atom stereocenters. The average molecular weight is 152 g/mol. The zero-order chi connectivity index (χ0) is 8.27. The van der Waals surface area contributed by atoms with Gasteiger partial charge in [-0.25, -0.2) is 4.79 Å². The quantitative estimate of drug-likeness (QED) is 0.348. The second kappa shape index (κ2) is 3.37. The summed E-state index contributed by atoms with van der Waals surface area (Å²) in [5.41, 5.74) is 0. The van der Waals surface area contributed by atoms with Gasteiger partial charge in [0.1, 0.15) is 0 Å². The van der Waals surface area contributed by atoms with Gasteiger partial charge in [-0.15, -0.1) is 6.58 Å². The summed E-state index contributed by atoms with van der Waals surface area (Å²) in [5.74, 6) is 0.821. The van der Waals surface area contributed by atoms with Crippen LogP contribution in [0.1, 0.15) is 6.42 Å². The predicted octanol–water partition coefficient (Wildman–Crippen LogP) is 1.54. The Kier molecular flexibility index (Phi) is 2.47. The molecule has 0 aromatic heterocycles. The molecule has 0 spiro atoms. The van der Waals surface area contributed by atoms with Gasteiger partial charge in [0, 0.05) is 6.08 Å². The SMILES string of the molecule is C=CC1CC1/C=C/C(=O)OC. The number of allylic oxidation sites excluding steroid dienone is 2. The molecule has 0 amide bonds. The first-order chi connectivity index (χ1) is 5.27. The van der Waals surface area contributed by atoms with E-state index in [1.165, 1.54) is 13.2 Å². The summed E-state index contributed by atoms with van der Waals surface area (Å²) in [4.78, 5) is 10.6. The van der Waals surface area contributed by atoms with Crippen LogP contribution in [-0.2, 0) is 9.53 Å². The van der Waals surface area contributed by atoms with Crippen LogP contribution in [0.3, 0.4) is 0 Å². The van der Waals surface area contributed by atoms with Gasteiger partial charge < -0.3 is 4.74 Å². The van der Waals surface area contributed by atoms with E-state index in [9.17, 15) is 4.79 Å². The number of carbonyl (C=O) groups excluding carboxylic acids is 1. The fraction of sp³-hybridized carbons (Fsp3) is 0.444. The third-order valence-corrected chi connectivity index (χ3v) is 1.87. The number of methoxy groups -OCH3 is 1. The number of ether oxygens (including phenoxy) is 1. The first kappa shape index (κ1) is 8.05. The van der Waals surface area contributed by atoms with E-state index in [1.54, 1.807) is 0 Å². The zero-order valence-electron chi connectivity index (χ0n) is 6.62. The Hall–Kier alpha value is -1.05. The van der Waals surface area contributed by atoms with Gasteiger partial charge in [-0.2, -0.15) is 0 Å². The fourth-order valence-corrected chi connectivity index (χ4v) is 0.998. The molecule has 1 aliphatic carbocycles. The normalized spacial score (nSPS) is 28.5. The number of hydrogen-bond donors (Lipinski definition) is 0. The first-order valence-corrected chi connectivity index (χ1v) is 3.66. The molecule has 0 bridgehead atoms. The molecular weight excluding hydrogens is 140 g/mol. The Labute approximate surface area is 66.5 Å². The second-order valence-corrected chi connectivity index (χ2v) is 2.68. The molecule has 11 heavy (non-hydrogen) atoms. The monoisotopic (exact) mass is 152 g/mol. The van der Waals surface area contributed by atoms with Crippen LogP contribution in [0.5, 0.6) is 0 Å². The summed E-state index contributed by atoms with van der Waals surface area (Å²) in [7, 11) is 1.38. The van der Waals surface area contributed by atoms with Gasteiger partial charge in [0.15, 0.2) is 0 Å². The largest absolute Gasteiger partial charge is 0.466 e. The molecular formula is C9H12O2. The molecule has 2 heteroatoms. The molecule has 0 aromatic rings. The molecule has 0 aromatic carbocycles. The van der Waals surface area contributed by atoms with Crippen LogP contribution >= 0.6 is 0 Å².